The van der Waals surface area contributed by atoms with E-state index < -0.39 is 0 Å². The number of amides is 1. The largest absolute Gasteiger partial charge is 0.492 e. The number of hydrogen-bond donors (Lipinski definition) is 2. The van der Waals surface area contributed by atoms with Gasteiger partial charge >= 0.3 is 0 Å². The maximum Gasteiger partial charge on any atom is 0.220 e. The third kappa shape index (κ3) is 6.91. The van der Waals surface area contributed by atoms with Gasteiger partial charge in [0.2, 0.25) is 5.91 Å². The van der Waals surface area contributed by atoms with Crippen LogP contribution in [0.4, 0.5) is 0 Å². The third-order valence-corrected chi connectivity index (χ3v) is 2.43. The van der Waals surface area contributed by atoms with Crippen molar-refractivity contribution in [1.29, 1.82) is 0 Å². The van der Waals surface area contributed by atoms with Crippen molar-refractivity contribution in [3.05, 3.63) is 30.3 Å². The number of carbonyl (C=O) groups excluding carboxylic acids is 1. The van der Waals surface area contributed by atoms with Gasteiger partial charge in [0.25, 0.3) is 0 Å². The summed E-state index contributed by atoms with van der Waals surface area (Å²) < 4.78 is 5.46. The number of benzene rings is 1. The highest BCUT2D eigenvalue weighted by Gasteiger charge is 2.12. The van der Waals surface area contributed by atoms with Gasteiger partial charge in [-0.15, -0.1) is 0 Å². The van der Waals surface area contributed by atoms with Gasteiger partial charge in [0, 0.05) is 12.0 Å². The molecule has 0 unspecified atom stereocenters. The van der Waals surface area contributed by atoms with E-state index in [2.05, 4.69) is 5.32 Å². The summed E-state index contributed by atoms with van der Waals surface area (Å²) in [5.74, 6) is 0.833. The molecule has 4 heteroatoms. The maximum absolute atomic E-state index is 11.5. The second-order valence-corrected chi connectivity index (χ2v) is 5.00. The maximum atomic E-state index is 11.5. The minimum atomic E-state index is -0.294. The number of rotatable bonds is 7. The zero-order chi connectivity index (χ0) is 13.4. The van der Waals surface area contributed by atoms with Gasteiger partial charge in [-0.1, -0.05) is 18.2 Å². The first-order valence-electron chi connectivity index (χ1n) is 6.21. The van der Waals surface area contributed by atoms with Crippen LogP contribution in [0.1, 0.15) is 26.7 Å². The molecule has 1 aromatic carbocycles. The van der Waals surface area contributed by atoms with E-state index in [4.69, 9.17) is 10.5 Å². The summed E-state index contributed by atoms with van der Waals surface area (Å²) in [6.07, 6.45) is 1.13. The van der Waals surface area contributed by atoms with Gasteiger partial charge in [-0.25, -0.2) is 0 Å². The number of para-hydroxylation sites is 1. The Morgan fingerprint density at radius 3 is 2.61 bits per heavy atom. The highest BCUT2D eigenvalue weighted by atomic mass is 16.5. The fraction of sp³-hybridized carbons (Fsp3) is 0.500. The van der Waals surface area contributed by atoms with Crippen molar-refractivity contribution in [1.82, 2.24) is 5.32 Å². The Balaban J connectivity index is 2.09. The number of carbonyl (C=O) groups is 1. The van der Waals surface area contributed by atoms with Gasteiger partial charge in [-0.2, -0.15) is 0 Å². The second kappa shape index (κ2) is 7.01. The lowest BCUT2D eigenvalue weighted by atomic mass is 10.00. The van der Waals surface area contributed by atoms with Crippen molar-refractivity contribution in [2.75, 3.05) is 13.2 Å². The molecule has 0 spiro atoms. The van der Waals surface area contributed by atoms with E-state index in [1.165, 1.54) is 0 Å². The van der Waals surface area contributed by atoms with E-state index in [-0.39, 0.29) is 11.4 Å². The van der Waals surface area contributed by atoms with Crippen molar-refractivity contribution in [3.8, 4) is 5.75 Å². The van der Waals surface area contributed by atoms with E-state index in [9.17, 15) is 4.79 Å². The molecule has 4 nitrogen and oxygen atoms in total. The van der Waals surface area contributed by atoms with Crippen molar-refractivity contribution in [2.45, 2.75) is 32.2 Å². The molecule has 0 aliphatic heterocycles. The molecule has 100 valence electrons. The first-order valence-corrected chi connectivity index (χ1v) is 6.21. The molecule has 1 aromatic rings. The predicted octanol–water partition coefficient (Wildman–Crippen LogP) is 1.70. The first kappa shape index (κ1) is 14.5. The Kier molecular flexibility index (Phi) is 5.65. The van der Waals surface area contributed by atoms with E-state index in [0.717, 1.165) is 5.75 Å². The van der Waals surface area contributed by atoms with Crippen LogP contribution in [0.25, 0.3) is 0 Å². The van der Waals surface area contributed by atoms with E-state index in [1.54, 1.807) is 0 Å². The van der Waals surface area contributed by atoms with E-state index >= 15 is 0 Å². The highest BCUT2D eigenvalue weighted by Crippen LogP contribution is 2.08. The van der Waals surface area contributed by atoms with Gasteiger partial charge in [-0.3, -0.25) is 4.79 Å². The van der Waals surface area contributed by atoms with Crippen LogP contribution in [0.15, 0.2) is 30.3 Å². The normalized spacial score (nSPS) is 11.1. The lowest BCUT2D eigenvalue weighted by Gasteiger charge is -2.17. The zero-order valence-electron chi connectivity index (χ0n) is 11.1. The smallest absolute Gasteiger partial charge is 0.220 e. The SMILES string of the molecule is CC(C)(N)CCC(=O)NCCOc1ccccc1. The van der Waals surface area contributed by atoms with Crippen LogP contribution < -0.4 is 15.8 Å². The summed E-state index contributed by atoms with van der Waals surface area (Å²) >= 11 is 0. The van der Waals surface area contributed by atoms with Crippen LogP contribution in [0, 0.1) is 0 Å². The summed E-state index contributed by atoms with van der Waals surface area (Å²) in [6, 6.07) is 9.54. The van der Waals surface area contributed by atoms with Crippen molar-refractivity contribution in [3.63, 3.8) is 0 Å². The summed E-state index contributed by atoms with van der Waals surface area (Å²) in [6.45, 7) is 4.82. The van der Waals surface area contributed by atoms with Gasteiger partial charge in [0.1, 0.15) is 12.4 Å². The molecule has 0 bridgehead atoms. The topological polar surface area (TPSA) is 64.4 Å². The summed E-state index contributed by atoms with van der Waals surface area (Å²) in [4.78, 5) is 11.5. The molecule has 0 atom stereocenters. The predicted molar refractivity (Wildman–Crippen MR) is 72.4 cm³/mol. The van der Waals surface area contributed by atoms with E-state index in [0.29, 0.717) is 26.0 Å². The van der Waals surface area contributed by atoms with Crippen molar-refractivity contribution < 1.29 is 9.53 Å². The Hall–Kier alpha value is -1.55. The zero-order valence-corrected chi connectivity index (χ0v) is 11.1. The van der Waals surface area contributed by atoms with Gasteiger partial charge in [0.15, 0.2) is 0 Å². The van der Waals surface area contributed by atoms with E-state index in [1.807, 2.05) is 44.2 Å². The minimum absolute atomic E-state index is 0.0187. The Bertz CT molecular complexity index is 358. The standard InChI is InChI=1S/C14H22N2O2/c1-14(2,15)9-8-13(17)16-10-11-18-12-6-4-3-5-7-12/h3-7H,8-11,15H2,1-2H3,(H,16,17). The lowest BCUT2D eigenvalue weighted by molar-refractivity contribution is -0.121. The molecule has 0 heterocycles. The molecule has 1 amide bonds. The first-order chi connectivity index (χ1) is 8.47. The number of nitrogens with two attached hydrogens (primary N) is 1. The minimum Gasteiger partial charge on any atom is -0.492 e. The molecule has 18 heavy (non-hydrogen) atoms. The lowest BCUT2D eigenvalue weighted by Crippen LogP contribution is -2.35. The molecule has 0 aliphatic rings. The average molecular weight is 250 g/mol. The monoisotopic (exact) mass is 250 g/mol. The summed E-state index contributed by atoms with van der Waals surface area (Å²) in [5.41, 5.74) is 5.52. The number of hydrogen-bond acceptors (Lipinski definition) is 3. The third-order valence-electron chi connectivity index (χ3n) is 2.43. The molecule has 0 aliphatic carbocycles. The molecule has 0 aromatic heterocycles. The fourth-order valence-corrected chi connectivity index (χ4v) is 1.40. The molecule has 1 rings (SSSR count). The molecule has 0 fully saturated rings. The highest BCUT2D eigenvalue weighted by molar-refractivity contribution is 5.75. The van der Waals surface area contributed by atoms with Gasteiger partial charge < -0.3 is 15.8 Å². The molecular weight excluding hydrogens is 228 g/mol. The van der Waals surface area contributed by atoms with Gasteiger partial charge in [0.05, 0.1) is 6.54 Å². The number of ether oxygens (including phenoxy) is 1. The van der Waals surface area contributed by atoms with Crippen molar-refractivity contribution in [2.24, 2.45) is 5.73 Å². The number of nitrogens with one attached hydrogen (secondary N) is 1. The van der Waals surface area contributed by atoms with Crippen LogP contribution >= 0.6 is 0 Å². The molecule has 0 saturated heterocycles. The average Bonchev–Trinajstić information content (AvgIpc) is 2.33. The summed E-state index contributed by atoms with van der Waals surface area (Å²) in [5, 5.41) is 2.81. The summed E-state index contributed by atoms with van der Waals surface area (Å²) in [7, 11) is 0. The second-order valence-electron chi connectivity index (χ2n) is 5.00. The molecule has 0 radical (unpaired) electrons. The van der Waals surface area contributed by atoms with Crippen LogP contribution in [0.5, 0.6) is 5.75 Å². The fourth-order valence-electron chi connectivity index (χ4n) is 1.40. The molecular formula is C14H22N2O2. The van der Waals surface area contributed by atoms with Crippen LogP contribution in [-0.2, 0) is 4.79 Å². The van der Waals surface area contributed by atoms with Gasteiger partial charge in [-0.05, 0) is 32.4 Å². The molecule has 0 saturated carbocycles. The molecule has 3 N–H and O–H groups in total. The Labute approximate surface area is 109 Å². The van der Waals surface area contributed by atoms with Crippen LogP contribution in [-0.4, -0.2) is 24.6 Å². The van der Waals surface area contributed by atoms with Crippen molar-refractivity contribution >= 4 is 5.91 Å². The quantitative estimate of drug-likeness (QED) is 0.724. The van der Waals surface area contributed by atoms with Crippen LogP contribution in [0.2, 0.25) is 0 Å². The Morgan fingerprint density at radius 2 is 2.00 bits per heavy atom. The Morgan fingerprint density at radius 1 is 1.33 bits per heavy atom. The van der Waals surface area contributed by atoms with Crippen LogP contribution in [0.3, 0.4) is 0 Å².